The van der Waals surface area contributed by atoms with Crippen molar-refractivity contribution in [2.75, 3.05) is 0 Å². The van der Waals surface area contributed by atoms with E-state index in [1.165, 1.54) is 12.1 Å². The van der Waals surface area contributed by atoms with Crippen LogP contribution in [0.5, 0.6) is 0 Å². The Balaban J connectivity index is 2.31. The van der Waals surface area contributed by atoms with Crippen LogP contribution >= 0.6 is 15.9 Å². The molecule has 1 aliphatic carbocycles. The van der Waals surface area contributed by atoms with Crippen molar-refractivity contribution in [1.29, 1.82) is 0 Å². The fourth-order valence-corrected chi connectivity index (χ4v) is 2.97. The average Bonchev–Trinajstić information content (AvgIpc) is 2.49. The molecule has 1 aromatic carbocycles. The minimum absolute atomic E-state index is 0.264. The molecule has 2 atom stereocenters. The molecule has 0 heterocycles. The summed E-state index contributed by atoms with van der Waals surface area (Å²) in [5.41, 5.74) is 0.780. The van der Waals surface area contributed by atoms with E-state index >= 15 is 0 Å². The highest BCUT2D eigenvalue weighted by atomic mass is 79.9. The summed E-state index contributed by atoms with van der Waals surface area (Å²) in [5.74, 6) is -0.696. The molecule has 0 bridgehead atoms. The summed E-state index contributed by atoms with van der Waals surface area (Å²) in [6.07, 6.45) is 3.22. The van der Waals surface area contributed by atoms with E-state index in [0.717, 1.165) is 30.9 Å². The molecule has 0 aliphatic heterocycles. The maximum Gasteiger partial charge on any atom is 0.126 e. The van der Waals surface area contributed by atoms with E-state index < -0.39 is 11.6 Å². The van der Waals surface area contributed by atoms with Gasteiger partial charge >= 0.3 is 0 Å². The van der Waals surface area contributed by atoms with Crippen LogP contribution in [0, 0.1) is 11.6 Å². The molecule has 2 unspecified atom stereocenters. The molecule has 0 aromatic heterocycles. The number of rotatable bonds is 1. The predicted octanol–water partition coefficient (Wildman–Crippen LogP) is 4.00. The molecule has 0 saturated heterocycles. The zero-order valence-electron chi connectivity index (χ0n) is 7.64. The number of halogens is 3. The van der Waals surface area contributed by atoms with E-state index in [2.05, 4.69) is 15.9 Å². The van der Waals surface area contributed by atoms with Crippen LogP contribution in [0.1, 0.15) is 30.7 Å². The Kier molecular flexibility index (Phi) is 2.86. The number of hydrogen-bond acceptors (Lipinski definition) is 0. The van der Waals surface area contributed by atoms with Crippen molar-refractivity contribution < 1.29 is 8.78 Å². The third-order valence-corrected chi connectivity index (χ3v) is 3.84. The standard InChI is InChI=1S/C11H11BrF2/c12-11-3-1-2-10(11)7-4-8(13)6-9(14)5-7/h4-6,10-11H,1-3H2. The molecule has 1 fully saturated rings. The van der Waals surface area contributed by atoms with Gasteiger partial charge in [-0.2, -0.15) is 0 Å². The highest BCUT2D eigenvalue weighted by molar-refractivity contribution is 9.09. The van der Waals surface area contributed by atoms with Gasteiger partial charge in [0.1, 0.15) is 11.6 Å². The van der Waals surface area contributed by atoms with Gasteiger partial charge in [-0.15, -0.1) is 0 Å². The van der Waals surface area contributed by atoms with Gasteiger partial charge in [0.05, 0.1) is 0 Å². The normalized spacial score (nSPS) is 26.8. The molecule has 0 radical (unpaired) electrons. The van der Waals surface area contributed by atoms with Crippen molar-refractivity contribution in [3.05, 3.63) is 35.4 Å². The predicted molar refractivity (Wildman–Crippen MR) is 55.7 cm³/mol. The van der Waals surface area contributed by atoms with E-state index in [0.29, 0.717) is 4.83 Å². The Morgan fingerprint density at radius 3 is 2.21 bits per heavy atom. The molecular formula is C11H11BrF2. The Morgan fingerprint density at radius 1 is 1.07 bits per heavy atom. The zero-order chi connectivity index (χ0) is 10.1. The lowest BCUT2D eigenvalue weighted by molar-refractivity contribution is 0.574. The molecule has 76 valence electrons. The zero-order valence-corrected chi connectivity index (χ0v) is 9.23. The van der Waals surface area contributed by atoms with Crippen LogP contribution in [0.15, 0.2) is 18.2 Å². The first-order valence-corrected chi connectivity index (χ1v) is 5.68. The van der Waals surface area contributed by atoms with Gasteiger partial charge in [-0.25, -0.2) is 8.78 Å². The first kappa shape index (κ1) is 10.1. The van der Waals surface area contributed by atoms with E-state index in [9.17, 15) is 8.78 Å². The Labute approximate surface area is 90.4 Å². The lowest BCUT2D eigenvalue weighted by Gasteiger charge is -2.14. The van der Waals surface area contributed by atoms with Gasteiger partial charge in [0.15, 0.2) is 0 Å². The van der Waals surface area contributed by atoms with Crippen LogP contribution in [0.3, 0.4) is 0 Å². The minimum Gasteiger partial charge on any atom is -0.207 e. The molecule has 0 spiro atoms. The van der Waals surface area contributed by atoms with Crippen molar-refractivity contribution in [1.82, 2.24) is 0 Å². The number of alkyl halides is 1. The lowest BCUT2D eigenvalue weighted by Crippen LogP contribution is -2.05. The summed E-state index contributed by atoms with van der Waals surface area (Å²) < 4.78 is 25.9. The molecule has 0 amide bonds. The van der Waals surface area contributed by atoms with E-state index in [1.54, 1.807) is 0 Å². The third kappa shape index (κ3) is 1.97. The van der Waals surface area contributed by atoms with Gasteiger partial charge in [0, 0.05) is 10.9 Å². The highest BCUT2D eigenvalue weighted by Crippen LogP contribution is 2.39. The maximum absolute atomic E-state index is 13.0. The summed E-state index contributed by atoms with van der Waals surface area (Å²) in [4.78, 5) is 0.365. The second-order valence-corrected chi connectivity index (χ2v) is 4.93. The largest absolute Gasteiger partial charge is 0.207 e. The van der Waals surface area contributed by atoms with Crippen molar-refractivity contribution in [3.8, 4) is 0 Å². The highest BCUT2D eigenvalue weighted by Gasteiger charge is 2.26. The number of benzene rings is 1. The first-order valence-electron chi connectivity index (χ1n) is 4.77. The second-order valence-electron chi connectivity index (χ2n) is 3.76. The van der Waals surface area contributed by atoms with Crippen LogP contribution in [0.2, 0.25) is 0 Å². The fourth-order valence-electron chi connectivity index (χ4n) is 2.08. The smallest absolute Gasteiger partial charge is 0.126 e. The molecule has 0 N–H and O–H groups in total. The summed E-state index contributed by atoms with van der Waals surface area (Å²) in [7, 11) is 0. The molecule has 0 nitrogen and oxygen atoms in total. The van der Waals surface area contributed by atoms with Crippen molar-refractivity contribution in [2.24, 2.45) is 0 Å². The third-order valence-electron chi connectivity index (χ3n) is 2.74. The van der Waals surface area contributed by atoms with Gasteiger partial charge in [-0.3, -0.25) is 0 Å². The molecule has 3 heteroatoms. The number of hydrogen-bond donors (Lipinski definition) is 0. The van der Waals surface area contributed by atoms with Gasteiger partial charge in [-0.05, 0) is 36.5 Å². The maximum atomic E-state index is 13.0. The van der Waals surface area contributed by atoms with Gasteiger partial charge in [0.25, 0.3) is 0 Å². The van der Waals surface area contributed by atoms with Gasteiger partial charge in [0.2, 0.25) is 0 Å². The average molecular weight is 261 g/mol. The van der Waals surface area contributed by atoms with E-state index in [1.807, 2.05) is 0 Å². The Morgan fingerprint density at radius 2 is 1.71 bits per heavy atom. The summed E-state index contributed by atoms with van der Waals surface area (Å²) in [6, 6.07) is 3.79. The topological polar surface area (TPSA) is 0 Å². The molecule has 1 saturated carbocycles. The van der Waals surface area contributed by atoms with Gasteiger partial charge < -0.3 is 0 Å². The monoisotopic (exact) mass is 260 g/mol. The lowest BCUT2D eigenvalue weighted by atomic mass is 9.97. The SMILES string of the molecule is Fc1cc(F)cc(C2CCCC2Br)c1. The minimum atomic E-state index is -0.480. The molecule has 2 rings (SSSR count). The summed E-state index contributed by atoms with van der Waals surface area (Å²) >= 11 is 3.55. The molecule has 14 heavy (non-hydrogen) atoms. The molecule has 1 aliphatic rings. The second kappa shape index (κ2) is 3.97. The van der Waals surface area contributed by atoms with E-state index in [4.69, 9.17) is 0 Å². The molecule has 1 aromatic rings. The first-order chi connectivity index (χ1) is 6.66. The van der Waals surface area contributed by atoms with Crippen LogP contribution in [0.25, 0.3) is 0 Å². The van der Waals surface area contributed by atoms with E-state index in [-0.39, 0.29) is 5.92 Å². The van der Waals surface area contributed by atoms with Crippen molar-refractivity contribution in [3.63, 3.8) is 0 Å². The van der Waals surface area contributed by atoms with Crippen molar-refractivity contribution >= 4 is 15.9 Å². The summed E-state index contributed by atoms with van der Waals surface area (Å²) in [5, 5.41) is 0. The summed E-state index contributed by atoms with van der Waals surface area (Å²) in [6.45, 7) is 0. The Bertz CT molecular complexity index is 318. The van der Waals surface area contributed by atoms with Crippen molar-refractivity contribution in [2.45, 2.75) is 30.0 Å². The molecular weight excluding hydrogens is 250 g/mol. The van der Waals surface area contributed by atoms with Crippen LogP contribution in [-0.4, -0.2) is 4.83 Å². The quantitative estimate of drug-likeness (QED) is 0.670. The van der Waals surface area contributed by atoms with Crippen LogP contribution in [-0.2, 0) is 0 Å². The van der Waals surface area contributed by atoms with Crippen LogP contribution < -0.4 is 0 Å². The Hall–Kier alpha value is -0.440. The van der Waals surface area contributed by atoms with Crippen LogP contribution in [0.4, 0.5) is 8.78 Å². The van der Waals surface area contributed by atoms with Gasteiger partial charge in [-0.1, -0.05) is 22.4 Å². The fraction of sp³-hybridized carbons (Fsp3) is 0.455.